The second kappa shape index (κ2) is 8.10. The van der Waals surface area contributed by atoms with Gasteiger partial charge in [-0.15, -0.1) is 0 Å². The van der Waals surface area contributed by atoms with Gasteiger partial charge in [0.25, 0.3) is 0 Å². The molecule has 7 heteroatoms. The molecule has 6 nitrogen and oxygen atoms in total. The molecule has 1 aromatic carbocycles. The smallest absolute Gasteiger partial charge is 0.224 e. The van der Waals surface area contributed by atoms with Gasteiger partial charge in [-0.05, 0) is 25.0 Å². The molecule has 0 atom stereocenters. The molecule has 1 aliphatic rings. The van der Waals surface area contributed by atoms with Gasteiger partial charge in [0, 0.05) is 32.5 Å². The van der Waals surface area contributed by atoms with Crippen molar-refractivity contribution >= 4 is 21.7 Å². The number of carbonyl (C=O) groups is 2. The molecule has 1 aliphatic heterocycles. The molecule has 1 N–H and O–H groups in total. The zero-order chi connectivity index (χ0) is 16.7. The lowest BCUT2D eigenvalue weighted by molar-refractivity contribution is -0.130. The van der Waals surface area contributed by atoms with Crippen LogP contribution in [-0.2, 0) is 19.4 Å². The van der Waals surface area contributed by atoms with Crippen LogP contribution in [0.4, 0.5) is 0 Å². The van der Waals surface area contributed by atoms with Gasteiger partial charge in [0.15, 0.2) is 9.84 Å². The maximum absolute atomic E-state index is 12.1. The maximum Gasteiger partial charge on any atom is 0.224 e. The Hall–Kier alpha value is -1.89. The average Bonchev–Trinajstić information content (AvgIpc) is 3.08. The van der Waals surface area contributed by atoms with Gasteiger partial charge >= 0.3 is 0 Å². The Balaban J connectivity index is 1.70. The molecule has 1 saturated heterocycles. The van der Waals surface area contributed by atoms with Crippen LogP contribution in [0.3, 0.4) is 0 Å². The van der Waals surface area contributed by atoms with Gasteiger partial charge in [0.2, 0.25) is 11.8 Å². The molecule has 1 fully saturated rings. The van der Waals surface area contributed by atoms with Gasteiger partial charge in [-0.3, -0.25) is 9.59 Å². The fourth-order valence-corrected chi connectivity index (χ4v) is 3.76. The highest BCUT2D eigenvalue weighted by Crippen LogP contribution is 2.11. The predicted octanol–water partition coefficient (Wildman–Crippen LogP) is 0.979. The number of hydrogen-bond acceptors (Lipinski definition) is 4. The van der Waals surface area contributed by atoms with Crippen LogP contribution in [0.25, 0.3) is 0 Å². The van der Waals surface area contributed by atoms with E-state index in [1.807, 2.05) is 0 Å². The fraction of sp³-hybridized carbons (Fsp3) is 0.500. The van der Waals surface area contributed by atoms with E-state index in [0.29, 0.717) is 0 Å². The Bertz CT molecular complexity index is 637. The maximum atomic E-state index is 12.1. The minimum atomic E-state index is -3.45. The zero-order valence-electron chi connectivity index (χ0n) is 13.0. The Morgan fingerprint density at radius 3 is 2.35 bits per heavy atom. The van der Waals surface area contributed by atoms with Crippen LogP contribution in [0, 0.1) is 0 Å². The standard InChI is InChI=1S/C16H22N2O4S/c19-15(17-10-8-16(20)18-11-4-5-12-18)9-13-23(21,22)14-6-2-1-3-7-14/h1-3,6-7H,4-5,8-13H2,(H,17,19). The third-order valence-electron chi connectivity index (χ3n) is 3.82. The molecule has 0 bridgehead atoms. The van der Waals surface area contributed by atoms with E-state index in [9.17, 15) is 18.0 Å². The molecule has 126 valence electrons. The van der Waals surface area contributed by atoms with Crippen LogP contribution in [0.1, 0.15) is 25.7 Å². The first-order valence-corrected chi connectivity index (χ1v) is 9.46. The van der Waals surface area contributed by atoms with Crippen molar-refractivity contribution < 1.29 is 18.0 Å². The molecule has 1 aromatic rings. The summed E-state index contributed by atoms with van der Waals surface area (Å²) in [6, 6.07) is 8.07. The van der Waals surface area contributed by atoms with Gasteiger partial charge in [-0.2, -0.15) is 0 Å². The van der Waals surface area contributed by atoms with Crippen molar-refractivity contribution in [1.29, 1.82) is 0 Å². The number of carbonyl (C=O) groups excluding carboxylic acids is 2. The van der Waals surface area contributed by atoms with Crippen LogP contribution >= 0.6 is 0 Å². The lowest BCUT2D eigenvalue weighted by Crippen LogP contribution is -2.33. The predicted molar refractivity (Wildman–Crippen MR) is 86.6 cm³/mol. The van der Waals surface area contributed by atoms with E-state index >= 15 is 0 Å². The third kappa shape index (κ3) is 5.35. The Morgan fingerprint density at radius 1 is 1.04 bits per heavy atom. The van der Waals surface area contributed by atoms with E-state index < -0.39 is 9.84 Å². The number of rotatable bonds is 7. The van der Waals surface area contributed by atoms with Crippen molar-refractivity contribution in [1.82, 2.24) is 10.2 Å². The van der Waals surface area contributed by atoms with E-state index in [0.717, 1.165) is 25.9 Å². The van der Waals surface area contributed by atoms with Crippen molar-refractivity contribution in [2.45, 2.75) is 30.6 Å². The molecular weight excluding hydrogens is 316 g/mol. The topological polar surface area (TPSA) is 83.5 Å². The minimum Gasteiger partial charge on any atom is -0.356 e. The van der Waals surface area contributed by atoms with Crippen LogP contribution in [-0.4, -0.2) is 50.5 Å². The lowest BCUT2D eigenvalue weighted by Gasteiger charge is -2.15. The number of nitrogens with zero attached hydrogens (tertiary/aromatic N) is 1. The van der Waals surface area contributed by atoms with Crippen molar-refractivity contribution in [2.75, 3.05) is 25.4 Å². The van der Waals surface area contributed by atoms with Gasteiger partial charge < -0.3 is 10.2 Å². The quantitative estimate of drug-likeness (QED) is 0.803. The Labute approximate surface area is 136 Å². The summed E-state index contributed by atoms with van der Waals surface area (Å²) >= 11 is 0. The number of sulfone groups is 1. The van der Waals surface area contributed by atoms with E-state index in [2.05, 4.69) is 5.32 Å². The number of benzene rings is 1. The van der Waals surface area contributed by atoms with E-state index in [1.165, 1.54) is 12.1 Å². The van der Waals surface area contributed by atoms with Gasteiger partial charge in [0.1, 0.15) is 0 Å². The molecule has 0 aromatic heterocycles. The molecule has 0 aliphatic carbocycles. The summed E-state index contributed by atoms with van der Waals surface area (Å²) in [7, 11) is -3.45. The van der Waals surface area contributed by atoms with Gasteiger partial charge in [0.05, 0.1) is 10.6 Å². The fourth-order valence-electron chi connectivity index (χ4n) is 2.49. The first-order chi connectivity index (χ1) is 11.0. The van der Waals surface area contributed by atoms with Crippen molar-refractivity contribution in [3.05, 3.63) is 30.3 Å². The summed E-state index contributed by atoms with van der Waals surface area (Å²) in [4.78, 5) is 25.5. The van der Waals surface area contributed by atoms with E-state index in [-0.39, 0.29) is 41.8 Å². The van der Waals surface area contributed by atoms with Crippen molar-refractivity contribution in [3.63, 3.8) is 0 Å². The monoisotopic (exact) mass is 338 g/mol. The second-order valence-electron chi connectivity index (χ2n) is 5.57. The molecule has 0 saturated carbocycles. The summed E-state index contributed by atoms with van der Waals surface area (Å²) in [5.74, 6) is -0.540. The number of nitrogens with one attached hydrogen (secondary N) is 1. The van der Waals surface area contributed by atoms with E-state index in [4.69, 9.17) is 0 Å². The van der Waals surface area contributed by atoms with Gasteiger partial charge in [-0.25, -0.2) is 8.42 Å². The normalized spacial score (nSPS) is 14.7. The number of amides is 2. The van der Waals surface area contributed by atoms with Crippen LogP contribution in [0.2, 0.25) is 0 Å². The van der Waals surface area contributed by atoms with Gasteiger partial charge in [-0.1, -0.05) is 18.2 Å². The lowest BCUT2D eigenvalue weighted by atomic mass is 10.3. The van der Waals surface area contributed by atoms with Crippen molar-refractivity contribution in [2.24, 2.45) is 0 Å². The van der Waals surface area contributed by atoms with Crippen molar-refractivity contribution in [3.8, 4) is 0 Å². The zero-order valence-corrected chi connectivity index (χ0v) is 13.8. The molecule has 0 radical (unpaired) electrons. The summed E-state index contributed by atoms with van der Waals surface area (Å²) in [6.07, 6.45) is 2.23. The molecule has 2 rings (SSSR count). The first-order valence-electron chi connectivity index (χ1n) is 7.81. The minimum absolute atomic E-state index is 0.0414. The Kier molecular flexibility index (Phi) is 6.15. The second-order valence-corrected chi connectivity index (χ2v) is 7.68. The highest BCUT2D eigenvalue weighted by molar-refractivity contribution is 7.91. The SMILES string of the molecule is O=C(CCS(=O)(=O)c1ccccc1)NCCC(=O)N1CCCC1. The summed E-state index contributed by atoms with van der Waals surface area (Å²) in [6.45, 7) is 1.84. The molecule has 2 amide bonds. The van der Waals surface area contributed by atoms with Crippen LogP contribution in [0.15, 0.2) is 35.2 Å². The molecular formula is C16H22N2O4S. The highest BCUT2D eigenvalue weighted by atomic mass is 32.2. The Morgan fingerprint density at radius 2 is 1.70 bits per heavy atom. The van der Waals surface area contributed by atoms with Crippen LogP contribution in [0.5, 0.6) is 0 Å². The summed E-state index contributed by atoms with van der Waals surface area (Å²) in [5.41, 5.74) is 0. The summed E-state index contributed by atoms with van der Waals surface area (Å²) in [5, 5.41) is 2.61. The first kappa shape index (κ1) is 17.5. The average molecular weight is 338 g/mol. The highest BCUT2D eigenvalue weighted by Gasteiger charge is 2.18. The molecule has 23 heavy (non-hydrogen) atoms. The number of likely N-dealkylation sites (tertiary alicyclic amines) is 1. The number of hydrogen-bond donors (Lipinski definition) is 1. The van der Waals surface area contributed by atoms with E-state index in [1.54, 1.807) is 23.1 Å². The third-order valence-corrected chi connectivity index (χ3v) is 5.55. The summed E-state index contributed by atoms with van der Waals surface area (Å²) < 4.78 is 24.1. The van der Waals surface area contributed by atoms with Crippen LogP contribution < -0.4 is 5.32 Å². The molecule has 0 unspecified atom stereocenters. The largest absolute Gasteiger partial charge is 0.356 e. The molecule has 0 spiro atoms. The molecule has 1 heterocycles.